The Kier molecular flexibility index (Phi) is 5.40. The molecule has 1 amide bonds. The third-order valence-electron chi connectivity index (χ3n) is 3.73. The fourth-order valence-electron chi connectivity index (χ4n) is 2.40. The summed E-state index contributed by atoms with van der Waals surface area (Å²) < 4.78 is 0.960. The van der Waals surface area contributed by atoms with Crippen molar-refractivity contribution in [2.24, 2.45) is 5.10 Å². The zero-order chi connectivity index (χ0) is 20.1. The van der Waals surface area contributed by atoms with E-state index >= 15 is 0 Å². The number of amides is 1. The molecule has 0 saturated carbocycles. The molecule has 0 atom stereocenters. The van der Waals surface area contributed by atoms with Gasteiger partial charge < -0.3 is 4.84 Å². The van der Waals surface area contributed by atoms with Crippen LogP contribution in [0.2, 0.25) is 0 Å². The minimum atomic E-state index is -0.586. The fourth-order valence-corrected chi connectivity index (χ4v) is 2.40. The minimum Gasteiger partial charge on any atom is -0.399 e. The summed E-state index contributed by atoms with van der Waals surface area (Å²) in [6.45, 7) is 1.15. The SMILES string of the molecule is Cc1nc2ccccc2c(=O)n1OCC(=O)N/N=C/c1ccc([N+](=O)[O-])cc1. The van der Waals surface area contributed by atoms with E-state index in [1.807, 2.05) is 0 Å². The molecule has 142 valence electrons. The molecule has 0 aliphatic heterocycles. The number of nitro groups is 1. The molecular formula is C18H15N5O5. The Balaban J connectivity index is 1.61. The van der Waals surface area contributed by atoms with Gasteiger partial charge >= 0.3 is 0 Å². The van der Waals surface area contributed by atoms with Crippen molar-refractivity contribution in [1.82, 2.24) is 15.1 Å². The van der Waals surface area contributed by atoms with Crippen molar-refractivity contribution in [1.29, 1.82) is 0 Å². The molecule has 1 N–H and O–H groups in total. The van der Waals surface area contributed by atoms with Gasteiger partial charge in [-0.15, -0.1) is 4.73 Å². The van der Waals surface area contributed by atoms with Crippen LogP contribution in [0.1, 0.15) is 11.4 Å². The molecule has 10 nitrogen and oxygen atoms in total. The van der Waals surface area contributed by atoms with E-state index in [-0.39, 0.29) is 5.69 Å². The molecule has 2 aromatic carbocycles. The Morgan fingerprint density at radius 3 is 2.71 bits per heavy atom. The summed E-state index contributed by atoms with van der Waals surface area (Å²) in [6.07, 6.45) is 1.33. The highest BCUT2D eigenvalue weighted by Gasteiger charge is 2.10. The van der Waals surface area contributed by atoms with Gasteiger partial charge in [-0.1, -0.05) is 12.1 Å². The van der Waals surface area contributed by atoms with Gasteiger partial charge in [0, 0.05) is 12.1 Å². The van der Waals surface area contributed by atoms with Gasteiger partial charge in [-0.2, -0.15) is 5.10 Å². The molecule has 0 fully saturated rings. The lowest BCUT2D eigenvalue weighted by Gasteiger charge is -2.11. The van der Waals surface area contributed by atoms with Crippen LogP contribution in [0.15, 0.2) is 58.4 Å². The molecule has 0 saturated heterocycles. The van der Waals surface area contributed by atoms with Crippen molar-refractivity contribution in [2.75, 3.05) is 6.61 Å². The number of hydrogen-bond donors (Lipinski definition) is 1. The molecule has 3 rings (SSSR count). The fraction of sp³-hybridized carbons (Fsp3) is 0.111. The zero-order valence-electron chi connectivity index (χ0n) is 14.7. The van der Waals surface area contributed by atoms with Gasteiger partial charge in [0.25, 0.3) is 17.2 Å². The van der Waals surface area contributed by atoms with Crippen LogP contribution in [0.3, 0.4) is 0 Å². The second kappa shape index (κ2) is 8.08. The lowest BCUT2D eigenvalue weighted by Crippen LogP contribution is -2.35. The number of hydrazone groups is 1. The first kappa shape index (κ1) is 18.7. The number of nitrogens with one attached hydrogen (secondary N) is 1. The van der Waals surface area contributed by atoms with Crippen molar-refractivity contribution in [2.45, 2.75) is 6.92 Å². The molecule has 3 aromatic rings. The first-order valence-corrected chi connectivity index (χ1v) is 8.14. The number of aryl methyl sites for hydroxylation is 1. The molecular weight excluding hydrogens is 366 g/mol. The number of fused-ring (bicyclic) bond motifs is 1. The maximum Gasteiger partial charge on any atom is 0.294 e. The van der Waals surface area contributed by atoms with Crippen LogP contribution < -0.4 is 15.8 Å². The molecule has 0 unspecified atom stereocenters. The summed E-state index contributed by atoms with van der Waals surface area (Å²) in [6, 6.07) is 12.5. The molecule has 10 heteroatoms. The van der Waals surface area contributed by atoms with Crippen LogP contribution in [0.25, 0.3) is 10.9 Å². The maximum absolute atomic E-state index is 12.4. The number of nitro benzene ring substituents is 1. The second-order valence-corrected chi connectivity index (χ2v) is 5.69. The van der Waals surface area contributed by atoms with Gasteiger partial charge in [-0.05, 0) is 36.8 Å². The summed E-state index contributed by atoms with van der Waals surface area (Å²) in [7, 11) is 0. The zero-order valence-corrected chi connectivity index (χ0v) is 14.7. The van der Waals surface area contributed by atoms with Gasteiger partial charge in [0.05, 0.1) is 22.0 Å². The minimum absolute atomic E-state index is 0.0422. The van der Waals surface area contributed by atoms with Gasteiger partial charge in [-0.3, -0.25) is 19.7 Å². The van der Waals surface area contributed by atoms with Crippen molar-refractivity contribution in [3.05, 3.63) is 80.4 Å². The first-order valence-electron chi connectivity index (χ1n) is 8.14. The normalized spacial score (nSPS) is 10.9. The monoisotopic (exact) mass is 381 g/mol. The second-order valence-electron chi connectivity index (χ2n) is 5.69. The average Bonchev–Trinajstić information content (AvgIpc) is 2.68. The van der Waals surface area contributed by atoms with E-state index in [0.717, 1.165) is 4.73 Å². The highest BCUT2D eigenvalue weighted by atomic mass is 16.7. The standard InChI is InChI=1S/C18H15N5O5/c1-12-20-16-5-3-2-4-15(16)18(25)22(12)28-11-17(24)21-19-10-13-6-8-14(9-7-13)23(26)27/h2-10H,11H2,1H3,(H,21,24)/b19-10+. The third kappa shape index (κ3) is 4.18. The topological polar surface area (TPSA) is 129 Å². The van der Waals surface area contributed by atoms with Crippen LogP contribution in [-0.4, -0.2) is 33.4 Å². The quantitative estimate of drug-likeness (QED) is 0.388. The van der Waals surface area contributed by atoms with Crippen LogP contribution >= 0.6 is 0 Å². The summed E-state index contributed by atoms with van der Waals surface area (Å²) in [5.41, 5.74) is 2.91. The van der Waals surface area contributed by atoms with Crippen molar-refractivity contribution >= 4 is 28.7 Å². The number of carbonyl (C=O) groups excluding carboxylic acids is 1. The summed E-state index contributed by atoms with van der Waals surface area (Å²) in [5, 5.41) is 14.7. The Morgan fingerprint density at radius 1 is 1.29 bits per heavy atom. The Labute approximate surface area is 158 Å². The van der Waals surface area contributed by atoms with E-state index < -0.39 is 23.0 Å². The van der Waals surface area contributed by atoms with E-state index in [9.17, 15) is 19.7 Å². The van der Waals surface area contributed by atoms with Gasteiger partial charge in [0.1, 0.15) is 5.82 Å². The van der Waals surface area contributed by atoms with Crippen molar-refractivity contribution in [3.8, 4) is 0 Å². The van der Waals surface area contributed by atoms with Crippen LogP contribution in [0.4, 0.5) is 5.69 Å². The molecule has 0 bridgehead atoms. The Hall–Kier alpha value is -4.08. The number of benzene rings is 2. The molecule has 0 aliphatic carbocycles. The van der Waals surface area contributed by atoms with Crippen LogP contribution in [-0.2, 0) is 4.79 Å². The Morgan fingerprint density at radius 2 is 2.00 bits per heavy atom. The number of para-hydroxylation sites is 1. The van der Waals surface area contributed by atoms with E-state index in [1.165, 1.54) is 30.5 Å². The van der Waals surface area contributed by atoms with Crippen LogP contribution in [0, 0.1) is 17.0 Å². The van der Waals surface area contributed by atoms with Gasteiger partial charge in [-0.25, -0.2) is 10.4 Å². The van der Waals surface area contributed by atoms with Gasteiger partial charge in [0.15, 0.2) is 6.61 Å². The molecule has 1 aromatic heterocycles. The molecule has 0 spiro atoms. The number of aromatic nitrogens is 2. The van der Waals surface area contributed by atoms with E-state index in [2.05, 4.69) is 15.5 Å². The lowest BCUT2D eigenvalue weighted by molar-refractivity contribution is -0.384. The molecule has 28 heavy (non-hydrogen) atoms. The smallest absolute Gasteiger partial charge is 0.294 e. The number of non-ortho nitro benzene ring substituents is 1. The summed E-state index contributed by atoms with van der Waals surface area (Å²) >= 11 is 0. The largest absolute Gasteiger partial charge is 0.399 e. The number of nitrogens with zero attached hydrogens (tertiary/aromatic N) is 4. The summed E-state index contributed by atoms with van der Waals surface area (Å²) in [4.78, 5) is 43.9. The van der Waals surface area contributed by atoms with E-state index in [1.54, 1.807) is 31.2 Å². The van der Waals surface area contributed by atoms with E-state index in [0.29, 0.717) is 22.3 Å². The highest BCUT2D eigenvalue weighted by Crippen LogP contribution is 2.10. The van der Waals surface area contributed by atoms with Crippen molar-refractivity contribution < 1.29 is 14.6 Å². The molecule has 1 heterocycles. The number of hydrogen-bond acceptors (Lipinski definition) is 7. The number of rotatable bonds is 6. The Bertz CT molecular complexity index is 1120. The van der Waals surface area contributed by atoms with Crippen LogP contribution in [0.5, 0.6) is 0 Å². The highest BCUT2D eigenvalue weighted by molar-refractivity contribution is 5.83. The average molecular weight is 381 g/mol. The lowest BCUT2D eigenvalue weighted by atomic mass is 10.2. The third-order valence-corrected chi connectivity index (χ3v) is 3.73. The predicted molar refractivity (Wildman–Crippen MR) is 101 cm³/mol. The molecule has 0 aliphatic rings. The first-order chi connectivity index (χ1) is 13.5. The molecule has 0 radical (unpaired) electrons. The number of carbonyl (C=O) groups is 1. The predicted octanol–water partition coefficient (Wildman–Crippen LogP) is 1.19. The summed E-state index contributed by atoms with van der Waals surface area (Å²) in [5.74, 6) is -0.275. The van der Waals surface area contributed by atoms with Gasteiger partial charge in [0.2, 0.25) is 0 Å². The maximum atomic E-state index is 12.4. The van der Waals surface area contributed by atoms with Crippen molar-refractivity contribution in [3.63, 3.8) is 0 Å². The van der Waals surface area contributed by atoms with E-state index in [4.69, 9.17) is 4.84 Å².